The zero-order valence-electron chi connectivity index (χ0n) is 36.5. The third kappa shape index (κ3) is 6.74. The van der Waals surface area contributed by atoms with Crippen molar-refractivity contribution in [1.82, 2.24) is 19.9 Å². The first-order chi connectivity index (χ1) is 33.7. The predicted molar refractivity (Wildman–Crippen MR) is 276 cm³/mol. The van der Waals surface area contributed by atoms with Crippen LogP contribution in [0.15, 0.2) is 239 Å². The Bertz CT molecular complexity index is 4010. The summed E-state index contributed by atoms with van der Waals surface area (Å²) in [4.78, 5) is 21.3. The van der Waals surface area contributed by atoms with E-state index in [-0.39, 0.29) is 0 Å². The van der Waals surface area contributed by atoms with Crippen LogP contribution in [-0.2, 0) is 0 Å². The highest BCUT2D eigenvalue weighted by Crippen LogP contribution is 2.45. The van der Waals surface area contributed by atoms with E-state index in [0.717, 1.165) is 111 Å². The van der Waals surface area contributed by atoms with Crippen LogP contribution >= 0.6 is 0 Å². The maximum atomic E-state index is 6.67. The van der Waals surface area contributed by atoms with Crippen molar-refractivity contribution < 1.29 is 8.83 Å². The second kappa shape index (κ2) is 16.3. The molecule has 0 radical (unpaired) electrons. The molecule has 0 N–H and O–H groups in total. The first kappa shape index (κ1) is 39.1. The Labute approximate surface area is 391 Å². The van der Waals surface area contributed by atoms with Crippen molar-refractivity contribution in [2.45, 2.75) is 0 Å². The van der Waals surface area contributed by atoms with Gasteiger partial charge in [-0.3, -0.25) is 0 Å². The van der Waals surface area contributed by atoms with E-state index in [1.165, 1.54) is 0 Å². The molecule has 0 aliphatic heterocycles. The zero-order valence-corrected chi connectivity index (χ0v) is 36.5. The van der Waals surface area contributed by atoms with Gasteiger partial charge in [-0.25, -0.2) is 19.9 Å². The molecule has 0 unspecified atom stereocenters. The Morgan fingerprint density at radius 3 is 1.13 bits per heavy atom. The van der Waals surface area contributed by atoms with Gasteiger partial charge in [-0.05, 0) is 68.8 Å². The fourth-order valence-electron chi connectivity index (χ4n) is 9.49. The summed E-state index contributed by atoms with van der Waals surface area (Å²) in [6.07, 6.45) is 0. The first-order valence-corrected chi connectivity index (χ1v) is 22.7. The molecule has 318 valence electrons. The van der Waals surface area contributed by atoms with Gasteiger partial charge in [-0.15, -0.1) is 0 Å². The number of rotatable bonds is 8. The van der Waals surface area contributed by atoms with E-state index in [9.17, 15) is 0 Å². The zero-order chi connectivity index (χ0) is 45.0. The van der Waals surface area contributed by atoms with Gasteiger partial charge in [-0.1, -0.05) is 206 Å². The summed E-state index contributed by atoms with van der Waals surface area (Å²) in [7, 11) is 0. The van der Waals surface area contributed by atoms with Gasteiger partial charge in [0.25, 0.3) is 0 Å². The van der Waals surface area contributed by atoms with Crippen LogP contribution in [0.2, 0.25) is 0 Å². The quantitative estimate of drug-likeness (QED) is 0.151. The number of para-hydroxylation sites is 2. The van der Waals surface area contributed by atoms with Crippen molar-refractivity contribution in [3.05, 3.63) is 231 Å². The number of furan rings is 2. The molecule has 0 fully saturated rings. The van der Waals surface area contributed by atoms with Gasteiger partial charge in [0.2, 0.25) is 0 Å². The lowest BCUT2D eigenvalue weighted by atomic mass is 9.88. The van der Waals surface area contributed by atoms with E-state index in [4.69, 9.17) is 28.8 Å². The number of hydrogen-bond donors (Lipinski definition) is 0. The lowest BCUT2D eigenvalue weighted by Crippen LogP contribution is -1.98. The van der Waals surface area contributed by atoms with Gasteiger partial charge in [0.05, 0.1) is 0 Å². The third-order valence-corrected chi connectivity index (χ3v) is 12.8. The van der Waals surface area contributed by atoms with Crippen molar-refractivity contribution in [3.63, 3.8) is 0 Å². The number of aromatic nitrogens is 4. The topological polar surface area (TPSA) is 77.8 Å². The number of benzene rings is 9. The van der Waals surface area contributed by atoms with Crippen LogP contribution in [0.25, 0.3) is 134 Å². The Morgan fingerprint density at radius 2 is 0.588 bits per heavy atom. The van der Waals surface area contributed by atoms with E-state index in [1.54, 1.807) is 0 Å². The number of nitrogens with zero attached hydrogens (tertiary/aromatic N) is 4. The van der Waals surface area contributed by atoms with E-state index < -0.39 is 0 Å². The molecule has 68 heavy (non-hydrogen) atoms. The normalized spacial score (nSPS) is 11.5. The molecule has 6 nitrogen and oxygen atoms in total. The van der Waals surface area contributed by atoms with Gasteiger partial charge >= 0.3 is 0 Å². The standard InChI is InChI=1S/C62H38N4O2/c1-3-17-39(18-4-1)41-31-35-43(36-32-41)55-59-57(51-27-13-15-29-53(51)67-59)66-62(63-55)50-26-12-10-24-48(50)46-22-8-7-21-45(46)47-23-9-11-25-49(47)56-60-58(52-28-14-16-30-54(52)68-60)65-61(64-56)44-37-33-42(34-38-44)40-19-5-2-6-20-40/h1-38H. The molecule has 6 heteroatoms. The molecule has 0 atom stereocenters. The molecule has 0 aliphatic carbocycles. The fraction of sp³-hybridized carbons (Fsp3) is 0. The summed E-state index contributed by atoms with van der Waals surface area (Å²) in [5.41, 5.74) is 18.1. The summed E-state index contributed by atoms with van der Waals surface area (Å²) in [6.45, 7) is 0. The largest absolute Gasteiger partial charge is 0.452 e. The predicted octanol–water partition coefficient (Wildman–Crippen LogP) is 16.4. The molecule has 0 amide bonds. The van der Waals surface area contributed by atoms with Crippen molar-refractivity contribution in [3.8, 4) is 89.8 Å². The maximum absolute atomic E-state index is 6.67. The van der Waals surface area contributed by atoms with Crippen LogP contribution in [0.3, 0.4) is 0 Å². The van der Waals surface area contributed by atoms with Crippen molar-refractivity contribution in [2.75, 3.05) is 0 Å². The Morgan fingerprint density at radius 1 is 0.235 bits per heavy atom. The summed E-state index contributed by atoms with van der Waals surface area (Å²) in [6, 6.07) is 79.3. The highest BCUT2D eigenvalue weighted by molar-refractivity contribution is 6.10. The maximum Gasteiger partial charge on any atom is 0.180 e. The summed E-state index contributed by atoms with van der Waals surface area (Å²) in [5.74, 6) is 1.23. The lowest BCUT2D eigenvalue weighted by molar-refractivity contribution is 0.667. The smallest absolute Gasteiger partial charge is 0.180 e. The van der Waals surface area contributed by atoms with E-state index in [0.29, 0.717) is 22.8 Å². The summed E-state index contributed by atoms with van der Waals surface area (Å²) in [5, 5.41) is 1.88. The number of fused-ring (bicyclic) bond motifs is 6. The average molecular weight is 871 g/mol. The van der Waals surface area contributed by atoms with Gasteiger partial charge in [0, 0.05) is 33.0 Å². The van der Waals surface area contributed by atoms with Crippen molar-refractivity contribution in [2.24, 2.45) is 0 Å². The molecular formula is C62H38N4O2. The number of hydrogen-bond acceptors (Lipinski definition) is 6. The van der Waals surface area contributed by atoms with Gasteiger partial charge in [0.15, 0.2) is 22.8 Å². The molecular weight excluding hydrogens is 833 g/mol. The molecule has 13 aromatic rings. The summed E-state index contributed by atoms with van der Waals surface area (Å²) >= 11 is 0. The highest BCUT2D eigenvalue weighted by Gasteiger charge is 2.24. The second-order valence-electron chi connectivity index (χ2n) is 16.9. The first-order valence-electron chi connectivity index (χ1n) is 22.7. The second-order valence-corrected chi connectivity index (χ2v) is 16.9. The molecule has 0 saturated carbocycles. The minimum atomic E-state index is 0.604. The van der Waals surface area contributed by atoms with Crippen LogP contribution < -0.4 is 0 Å². The highest BCUT2D eigenvalue weighted by atomic mass is 16.3. The van der Waals surface area contributed by atoms with Crippen molar-refractivity contribution in [1.29, 1.82) is 0 Å². The van der Waals surface area contributed by atoms with Gasteiger partial charge in [0.1, 0.15) is 33.6 Å². The monoisotopic (exact) mass is 870 g/mol. The van der Waals surface area contributed by atoms with Crippen LogP contribution in [0.5, 0.6) is 0 Å². The molecule has 9 aromatic carbocycles. The molecule has 0 saturated heterocycles. The van der Waals surface area contributed by atoms with E-state index in [2.05, 4.69) is 182 Å². The molecule has 0 aliphatic rings. The molecule has 0 bridgehead atoms. The molecule has 0 spiro atoms. The molecule has 4 aromatic heterocycles. The van der Waals surface area contributed by atoms with Crippen LogP contribution in [0.1, 0.15) is 0 Å². The fourth-order valence-corrected chi connectivity index (χ4v) is 9.49. The van der Waals surface area contributed by atoms with E-state index >= 15 is 0 Å². The SMILES string of the molecule is c1ccc(-c2ccc(-c3nc(-c4ccccc4-c4ccccc4-c4ccccc4-c4nc(-c5ccc(-c6ccccc6)cc5)c5oc6ccccc6c5n4)c4oc5ccccc5c4n3)cc2)cc1. The minimum absolute atomic E-state index is 0.604. The minimum Gasteiger partial charge on any atom is -0.452 e. The Balaban J connectivity index is 0.973. The Hall–Kier alpha value is -9.26. The van der Waals surface area contributed by atoms with Gasteiger partial charge in [-0.2, -0.15) is 0 Å². The van der Waals surface area contributed by atoms with Crippen molar-refractivity contribution >= 4 is 44.1 Å². The van der Waals surface area contributed by atoms with Gasteiger partial charge < -0.3 is 8.83 Å². The lowest BCUT2D eigenvalue weighted by Gasteiger charge is -2.17. The van der Waals surface area contributed by atoms with Crippen LogP contribution in [0.4, 0.5) is 0 Å². The molecule has 13 rings (SSSR count). The van der Waals surface area contributed by atoms with E-state index in [1.807, 2.05) is 48.5 Å². The average Bonchev–Trinajstić information content (AvgIpc) is 4.00. The Kier molecular flexibility index (Phi) is 9.39. The van der Waals surface area contributed by atoms with Crippen LogP contribution in [-0.4, -0.2) is 19.9 Å². The summed E-state index contributed by atoms with van der Waals surface area (Å²) < 4.78 is 13.2. The van der Waals surface area contributed by atoms with Crippen LogP contribution in [0, 0.1) is 0 Å². The molecule has 4 heterocycles. The third-order valence-electron chi connectivity index (χ3n) is 12.8.